The van der Waals surface area contributed by atoms with E-state index < -0.39 is 4.92 Å². The number of nitro benzene ring substituents is 1. The number of non-ortho nitro benzene ring substituents is 1. The molecule has 0 bridgehead atoms. The fraction of sp³-hybridized carbons (Fsp3) is 0.167. The number of nitro groups is 1. The number of aliphatic hydroxyl groups is 1. The van der Waals surface area contributed by atoms with Crippen LogP contribution in [0.1, 0.15) is 5.56 Å². The number of para-hydroxylation sites is 1. The molecule has 0 aliphatic carbocycles. The van der Waals surface area contributed by atoms with Gasteiger partial charge in [0.15, 0.2) is 4.80 Å². The molecule has 25 heavy (non-hydrogen) atoms. The molecule has 0 saturated carbocycles. The van der Waals surface area contributed by atoms with Crippen molar-refractivity contribution in [3.05, 3.63) is 74.4 Å². The van der Waals surface area contributed by atoms with Gasteiger partial charge in [0.05, 0.1) is 22.9 Å². The summed E-state index contributed by atoms with van der Waals surface area (Å²) < 4.78 is 1.93. The van der Waals surface area contributed by atoms with Crippen LogP contribution in [0.5, 0.6) is 0 Å². The van der Waals surface area contributed by atoms with Crippen molar-refractivity contribution in [2.45, 2.75) is 13.5 Å². The van der Waals surface area contributed by atoms with E-state index in [4.69, 9.17) is 4.99 Å². The van der Waals surface area contributed by atoms with Crippen molar-refractivity contribution in [3.8, 4) is 11.3 Å². The van der Waals surface area contributed by atoms with Crippen molar-refractivity contribution in [2.24, 2.45) is 4.99 Å². The summed E-state index contributed by atoms with van der Waals surface area (Å²) in [6.07, 6.45) is 0. The molecule has 0 unspecified atom stereocenters. The number of hydrogen-bond donors (Lipinski definition) is 1. The van der Waals surface area contributed by atoms with E-state index in [9.17, 15) is 15.2 Å². The van der Waals surface area contributed by atoms with E-state index in [1.807, 2.05) is 41.1 Å². The van der Waals surface area contributed by atoms with Gasteiger partial charge in [0.25, 0.3) is 5.69 Å². The third kappa shape index (κ3) is 3.67. The largest absolute Gasteiger partial charge is 0.395 e. The molecular formula is C18H17N3O3S. The van der Waals surface area contributed by atoms with Gasteiger partial charge in [-0.25, -0.2) is 4.99 Å². The molecule has 0 saturated heterocycles. The minimum absolute atomic E-state index is 0.0162. The lowest BCUT2D eigenvalue weighted by Gasteiger charge is -2.07. The van der Waals surface area contributed by atoms with Crippen molar-refractivity contribution in [1.29, 1.82) is 0 Å². The molecule has 3 rings (SSSR count). The van der Waals surface area contributed by atoms with E-state index in [0.717, 1.165) is 27.3 Å². The topological polar surface area (TPSA) is 80.7 Å². The first-order chi connectivity index (χ1) is 12.1. The Balaban J connectivity index is 2.08. The first kappa shape index (κ1) is 17.1. The Kier molecular flexibility index (Phi) is 5.06. The maximum absolute atomic E-state index is 10.8. The van der Waals surface area contributed by atoms with Crippen molar-refractivity contribution >= 4 is 22.7 Å². The lowest BCUT2D eigenvalue weighted by molar-refractivity contribution is -0.384. The highest BCUT2D eigenvalue weighted by Gasteiger charge is 2.10. The van der Waals surface area contributed by atoms with Gasteiger partial charge in [-0.15, -0.1) is 11.3 Å². The number of aromatic nitrogens is 1. The van der Waals surface area contributed by atoms with Gasteiger partial charge >= 0.3 is 0 Å². The van der Waals surface area contributed by atoms with E-state index in [0.29, 0.717) is 6.54 Å². The quantitative estimate of drug-likeness (QED) is 0.560. The van der Waals surface area contributed by atoms with Crippen molar-refractivity contribution in [2.75, 3.05) is 6.61 Å². The van der Waals surface area contributed by atoms with Crippen LogP contribution in [0.2, 0.25) is 0 Å². The molecule has 0 amide bonds. The minimum Gasteiger partial charge on any atom is -0.395 e. The molecule has 2 aromatic carbocycles. The van der Waals surface area contributed by atoms with Crippen LogP contribution in [0.15, 0.2) is 58.9 Å². The minimum atomic E-state index is -0.419. The van der Waals surface area contributed by atoms with Crippen LogP contribution < -0.4 is 4.80 Å². The Morgan fingerprint density at radius 2 is 1.92 bits per heavy atom. The molecule has 0 aliphatic rings. The average molecular weight is 355 g/mol. The number of hydrogen-bond acceptors (Lipinski definition) is 5. The Labute approximate surface area is 148 Å². The maximum Gasteiger partial charge on any atom is 0.269 e. The Morgan fingerprint density at radius 1 is 1.20 bits per heavy atom. The van der Waals surface area contributed by atoms with Gasteiger partial charge < -0.3 is 9.67 Å². The normalized spacial score (nSPS) is 11.7. The predicted molar refractivity (Wildman–Crippen MR) is 97.9 cm³/mol. The fourth-order valence-electron chi connectivity index (χ4n) is 2.51. The Hall–Kier alpha value is -2.77. The number of rotatable bonds is 5. The second-order valence-corrected chi connectivity index (χ2v) is 6.32. The first-order valence-electron chi connectivity index (χ1n) is 7.74. The van der Waals surface area contributed by atoms with Gasteiger partial charge in [0.1, 0.15) is 0 Å². The van der Waals surface area contributed by atoms with Crippen molar-refractivity contribution in [3.63, 3.8) is 0 Å². The molecule has 1 heterocycles. The summed E-state index contributed by atoms with van der Waals surface area (Å²) in [5.74, 6) is 0. The molecule has 1 N–H and O–H groups in total. The summed E-state index contributed by atoms with van der Waals surface area (Å²) >= 11 is 1.48. The van der Waals surface area contributed by atoms with E-state index in [2.05, 4.69) is 0 Å². The van der Waals surface area contributed by atoms with E-state index in [-0.39, 0.29) is 12.3 Å². The Morgan fingerprint density at radius 3 is 2.56 bits per heavy atom. The van der Waals surface area contributed by atoms with E-state index in [1.54, 1.807) is 12.1 Å². The van der Waals surface area contributed by atoms with Gasteiger partial charge in [-0.3, -0.25) is 10.1 Å². The van der Waals surface area contributed by atoms with E-state index in [1.165, 1.54) is 23.5 Å². The lowest BCUT2D eigenvalue weighted by atomic mass is 10.1. The van der Waals surface area contributed by atoms with Gasteiger partial charge in [0, 0.05) is 24.1 Å². The summed E-state index contributed by atoms with van der Waals surface area (Å²) in [5, 5.41) is 22.2. The van der Waals surface area contributed by atoms with Crippen molar-refractivity contribution < 1.29 is 10.0 Å². The van der Waals surface area contributed by atoms with Gasteiger partial charge in [-0.1, -0.05) is 18.2 Å². The van der Waals surface area contributed by atoms with Crippen LogP contribution in [0, 0.1) is 17.0 Å². The average Bonchev–Trinajstić information content (AvgIpc) is 3.00. The van der Waals surface area contributed by atoms with Crippen LogP contribution >= 0.6 is 11.3 Å². The molecule has 0 fully saturated rings. The molecule has 3 aromatic rings. The standard InChI is InChI=1S/C18H17N3O3S/c1-13-4-2-3-5-16(13)19-18-20(10-11-22)17(12-25-18)14-6-8-15(9-7-14)21(23)24/h2-9,12,22H,10-11H2,1H3. The van der Waals surface area contributed by atoms with Gasteiger partial charge in [-0.05, 0) is 36.2 Å². The SMILES string of the molecule is Cc1ccccc1N=c1scc(-c2ccc([N+](=O)[O-])cc2)n1CCO. The molecular weight excluding hydrogens is 338 g/mol. The fourth-order valence-corrected chi connectivity index (χ4v) is 3.46. The summed E-state index contributed by atoms with van der Waals surface area (Å²) in [6, 6.07) is 14.2. The smallest absolute Gasteiger partial charge is 0.269 e. The van der Waals surface area contributed by atoms with Crippen LogP contribution in [0.3, 0.4) is 0 Å². The number of thiazole rings is 1. The summed E-state index contributed by atoms with van der Waals surface area (Å²) in [6.45, 7) is 2.39. The van der Waals surface area contributed by atoms with Gasteiger partial charge in [-0.2, -0.15) is 0 Å². The molecule has 0 aliphatic heterocycles. The number of benzene rings is 2. The summed E-state index contributed by atoms with van der Waals surface area (Å²) in [7, 11) is 0. The Bertz CT molecular complexity index is 958. The molecule has 128 valence electrons. The third-order valence-electron chi connectivity index (χ3n) is 3.83. The second kappa shape index (κ2) is 7.42. The molecule has 7 heteroatoms. The highest BCUT2D eigenvalue weighted by Crippen LogP contribution is 2.24. The van der Waals surface area contributed by atoms with E-state index >= 15 is 0 Å². The van der Waals surface area contributed by atoms with Crippen LogP contribution in [-0.2, 0) is 6.54 Å². The van der Waals surface area contributed by atoms with Gasteiger partial charge in [0.2, 0.25) is 0 Å². The second-order valence-electron chi connectivity index (χ2n) is 5.48. The predicted octanol–water partition coefficient (Wildman–Crippen LogP) is 3.66. The van der Waals surface area contributed by atoms with Crippen LogP contribution in [0.25, 0.3) is 11.3 Å². The van der Waals surface area contributed by atoms with Crippen LogP contribution in [-0.4, -0.2) is 21.2 Å². The lowest BCUT2D eigenvalue weighted by Crippen LogP contribution is -2.18. The number of nitrogens with zero attached hydrogens (tertiary/aromatic N) is 3. The van der Waals surface area contributed by atoms with Crippen molar-refractivity contribution in [1.82, 2.24) is 4.57 Å². The molecule has 0 atom stereocenters. The number of aryl methyl sites for hydroxylation is 1. The first-order valence-corrected chi connectivity index (χ1v) is 8.62. The molecule has 1 aromatic heterocycles. The zero-order chi connectivity index (χ0) is 17.8. The highest BCUT2D eigenvalue weighted by atomic mass is 32.1. The zero-order valence-electron chi connectivity index (χ0n) is 13.6. The molecule has 0 spiro atoms. The molecule has 0 radical (unpaired) electrons. The summed E-state index contributed by atoms with van der Waals surface area (Å²) in [5.41, 5.74) is 3.73. The maximum atomic E-state index is 10.8. The monoisotopic (exact) mass is 355 g/mol. The van der Waals surface area contributed by atoms with Crippen LogP contribution in [0.4, 0.5) is 11.4 Å². The summed E-state index contributed by atoms with van der Waals surface area (Å²) in [4.78, 5) is 15.9. The number of aliphatic hydroxyl groups excluding tert-OH is 1. The molecule has 6 nitrogen and oxygen atoms in total. The zero-order valence-corrected chi connectivity index (χ0v) is 14.4. The third-order valence-corrected chi connectivity index (χ3v) is 4.69. The highest BCUT2D eigenvalue weighted by molar-refractivity contribution is 7.07.